The Balaban J connectivity index is 1.70. The number of halogens is 1. The van der Waals surface area contributed by atoms with Gasteiger partial charge in [-0.1, -0.05) is 0 Å². The Morgan fingerprint density at radius 3 is 2.58 bits per heavy atom. The van der Waals surface area contributed by atoms with Gasteiger partial charge in [0.15, 0.2) is 0 Å². The molecule has 1 N–H and O–H groups in total. The monoisotopic (exact) mass is 468 g/mol. The van der Waals surface area contributed by atoms with E-state index in [1.165, 1.54) is 23.1 Å². The third kappa shape index (κ3) is 3.64. The quantitative estimate of drug-likeness (QED) is 0.481. The zero-order valence-corrected chi connectivity index (χ0v) is 19.5. The molecule has 0 unspecified atom stereocenters. The van der Waals surface area contributed by atoms with E-state index in [4.69, 9.17) is 0 Å². The number of aromatic nitrogens is 4. The molecule has 0 aliphatic carbocycles. The van der Waals surface area contributed by atoms with Gasteiger partial charge in [0.05, 0.1) is 17.3 Å². The molecule has 5 rings (SSSR count). The predicted octanol–water partition coefficient (Wildman–Crippen LogP) is 3.82. The summed E-state index contributed by atoms with van der Waals surface area (Å²) in [6.45, 7) is 3.77. The third-order valence-electron chi connectivity index (χ3n) is 6.29. The molecule has 3 aromatic heterocycles. The first-order chi connectivity index (χ1) is 15.8. The Kier molecular flexibility index (Phi) is 5.12. The van der Waals surface area contributed by atoms with E-state index in [0.717, 1.165) is 37.3 Å². The molecule has 4 aromatic rings. The second-order valence-corrected chi connectivity index (χ2v) is 10.1. The van der Waals surface area contributed by atoms with Crippen molar-refractivity contribution in [3.8, 4) is 11.1 Å². The van der Waals surface area contributed by atoms with Crippen LogP contribution in [0.4, 0.5) is 15.8 Å². The van der Waals surface area contributed by atoms with Crippen LogP contribution in [0.2, 0.25) is 0 Å². The number of fused-ring (bicyclic) bond motifs is 1. The molecule has 172 valence electrons. The highest BCUT2D eigenvalue weighted by Gasteiger charge is 2.25. The average molecular weight is 469 g/mol. The molecule has 8 nitrogen and oxygen atoms in total. The van der Waals surface area contributed by atoms with E-state index >= 15 is 4.39 Å². The number of sulfonamides is 1. The Bertz CT molecular complexity index is 1470. The number of benzene rings is 1. The lowest BCUT2D eigenvalue weighted by Crippen LogP contribution is -2.17. The maximum Gasteiger partial charge on any atom is 0.265 e. The molecular formula is C23H25FN6O2S. The predicted molar refractivity (Wildman–Crippen MR) is 126 cm³/mol. The van der Waals surface area contributed by atoms with Gasteiger partial charge in [-0.15, -0.1) is 0 Å². The maximum absolute atomic E-state index is 15.2. The summed E-state index contributed by atoms with van der Waals surface area (Å²) in [5, 5.41) is 4.51. The summed E-state index contributed by atoms with van der Waals surface area (Å²) in [5.41, 5.74) is 3.72. The van der Waals surface area contributed by atoms with E-state index in [1.54, 1.807) is 25.4 Å². The van der Waals surface area contributed by atoms with Crippen LogP contribution in [0.15, 0.2) is 47.8 Å². The van der Waals surface area contributed by atoms with E-state index < -0.39 is 10.0 Å². The number of pyridine rings is 1. The van der Waals surface area contributed by atoms with Crippen molar-refractivity contribution < 1.29 is 12.8 Å². The van der Waals surface area contributed by atoms with Crippen molar-refractivity contribution in [3.05, 3.63) is 54.4 Å². The van der Waals surface area contributed by atoms with Gasteiger partial charge in [-0.05, 0) is 44.0 Å². The van der Waals surface area contributed by atoms with Gasteiger partial charge >= 0.3 is 0 Å². The minimum Gasteiger partial charge on any atom is -0.372 e. The van der Waals surface area contributed by atoms with Crippen molar-refractivity contribution in [2.24, 2.45) is 14.1 Å². The smallest absolute Gasteiger partial charge is 0.265 e. The van der Waals surface area contributed by atoms with E-state index in [0.29, 0.717) is 27.8 Å². The number of aryl methyl sites for hydroxylation is 2. The number of rotatable bonds is 5. The second-order valence-electron chi connectivity index (χ2n) is 8.39. The highest BCUT2D eigenvalue weighted by atomic mass is 32.2. The highest BCUT2D eigenvalue weighted by Crippen LogP contribution is 2.40. The molecule has 1 fully saturated rings. The molecule has 1 aliphatic heterocycles. The summed E-state index contributed by atoms with van der Waals surface area (Å²) in [4.78, 5) is 6.75. The zero-order chi connectivity index (χ0) is 23.3. The van der Waals surface area contributed by atoms with Crippen LogP contribution < -0.4 is 9.62 Å². The Labute approximate surface area is 191 Å². The lowest BCUT2D eigenvalue weighted by atomic mass is 10.0. The van der Waals surface area contributed by atoms with Gasteiger partial charge in [0.25, 0.3) is 10.0 Å². The molecular weight excluding hydrogens is 443 g/mol. The highest BCUT2D eigenvalue weighted by molar-refractivity contribution is 7.92. The van der Waals surface area contributed by atoms with Gasteiger partial charge in [-0.3, -0.25) is 9.40 Å². The summed E-state index contributed by atoms with van der Waals surface area (Å²) in [5.74, 6) is -0.363. The number of nitrogens with one attached hydrogen (secondary N) is 1. The van der Waals surface area contributed by atoms with Gasteiger partial charge in [0.2, 0.25) is 0 Å². The molecule has 10 heteroatoms. The van der Waals surface area contributed by atoms with E-state index in [9.17, 15) is 8.42 Å². The summed E-state index contributed by atoms with van der Waals surface area (Å²) in [6, 6.07) is 6.74. The largest absolute Gasteiger partial charge is 0.372 e. The Hall–Kier alpha value is -3.40. The van der Waals surface area contributed by atoms with Crippen molar-refractivity contribution in [1.82, 2.24) is 19.3 Å². The zero-order valence-electron chi connectivity index (χ0n) is 18.7. The van der Waals surface area contributed by atoms with Gasteiger partial charge in [0.1, 0.15) is 16.4 Å². The van der Waals surface area contributed by atoms with Crippen LogP contribution in [0.1, 0.15) is 18.5 Å². The number of anilines is 2. The second kappa shape index (κ2) is 7.87. The Morgan fingerprint density at radius 1 is 1.12 bits per heavy atom. The molecule has 1 saturated heterocycles. The van der Waals surface area contributed by atoms with E-state index in [1.807, 2.05) is 24.6 Å². The van der Waals surface area contributed by atoms with Crippen molar-refractivity contribution in [2.45, 2.75) is 24.7 Å². The van der Waals surface area contributed by atoms with Crippen LogP contribution in [0, 0.1) is 12.7 Å². The van der Waals surface area contributed by atoms with Crippen LogP contribution >= 0.6 is 0 Å². The fraction of sp³-hybridized carbons (Fsp3) is 0.304. The fourth-order valence-electron chi connectivity index (χ4n) is 4.49. The van der Waals surface area contributed by atoms with Crippen LogP contribution in [0.3, 0.4) is 0 Å². The first-order valence-electron chi connectivity index (χ1n) is 10.8. The number of hydrogen-bond donors (Lipinski definition) is 1. The molecule has 0 saturated carbocycles. The number of hydrogen-bond acceptors (Lipinski definition) is 5. The van der Waals surface area contributed by atoms with Crippen LogP contribution in [0.5, 0.6) is 0 Å². The first kappa shape index (κ1) is 21.4. The van der Waals surface area contributed by atoms with Gasteiger partial charge in [-0.25, -0.2) is 17.8 Å². The minimum absolute atomic E-state index is 0.0476. The van der Waals surface area contributed by atoms with Crippen LogP contribution in [-0.2, 0) is 24.1 Å². The Morgan fingerprint density at radius 2 is 1.88 bits per heavy atom. The van der Waals surface area contributed by atoms with Gasteiger partial charge < -0.3 is 9.47 Å². The van der Waals surface area contributed by atoms with E-state index in [-0.39, 0.29) is 10.7 Å². The molecule has 0 atom stereocenters. The van der Waals surface area contributed by atoms with Crippen molar-refractivity contribution in [3.63, 3.8) is 0 Å². The van der Waals surface area contributed by atoms with Gasteiger partial charge in [0, 0.05) is 62.1 Å². The summed E-state index contributed by atoms with van der Waals surface area (Å²) in [7, 11) is -0.396. The molecule has 33 heavy (non-hydrogen) atoms. The molecule has 1 aliphatic rings. The van der Waals surface area contributed by atoms with Crippen molar-refractivity contribution in [2.75, 3.05) is 22.7 Å². The summed E-state index contributed by atoms with van der Waals surface area (Å²) in [6.07, 6.45) is 6.49. The third-order valence-corrected chi connectivity index (χ3v) is 7.61. The fourth-order valence-corrected chi connectivity index (χ4v) is 5.55. The number of nitrogens with zero attached hydrogens (tertiary/aromatic N) is 5. The molecule has 0 bridgehead atoms. The maximum atomic E-state index is 15.2. The van der Waals surface area contributed by atoms with Crippen molar-refractivity contribution >= 4 is 32.4 Å². The topological polar surface area (TPSA) is 85.1 Å². The first-order valence-corrected chi connectivity index (χ1v) is 12.2. The summed E-state index contributed by atoms with van der Waals surface area (Å²) >= 11 is 0. The van der Waals surface area contributed by atoms with Crippen LogP contribution in [-0.4, -0.2) is 40.8 Å². The molecule has 0 amide bonds. The van der Waals surface area contributed by atoms with E-state index in [2.05, 4.69) is 19.7 Å². The SMILES string of the molecule is Cc1c(-c2cc(N3CCCC3)ccc2F)c2c(NS(=O)(=O)c3cnn(C)c3)ccnc2n1C. The normalized spacial score (nSPS) is 14.4. The molecule has 0 radical (unpaired) electrons. The average Bonchev–Trinajstić information content (AvgIpc) is 3.51. The lowest BCUT2D eigenvalue weighted by Gasteiger charge is -2.19. The molecule has 0 spiro atoms. The standard InChI is InChI=1S/C23H25FN6O2S/c1-15-21(18-12-16(6-7-19(18)24)30-10-4-5-11-30)22-20(8-9-25-23(22)29(15)3)27-33(31,32)17-13-26-28(2)14-17/h6-9,12-14H,4-5,10-11H2,1-3H3,(H,25,27). The molecule has 1 aromatic carbocycles. The summed E-state index contributed by atoms with van der Waals surface area (Å²) < 4.78 is 47.2. The van der Waals surface area contributed by atoms with Crippen LogP contribution in [0.25, 0.3) is 22.2 Å². The van der Waals surface area contributed by atoms with Crippen molar-refractivity contribution in [1.29, 1.82) is 0 Å². The molecule has 4 heterocycles. The lowest BCUT2D eigenvalue weighted by molar-refractivity contribution is 0.601. The minimum atomic E-state index is -3.89. The van der Waals surface area contributed by atoms with Gasteiger partial charge in [-0.2, -0.15) is 5.10 Å².